The van der Waals surface area contributed by atoms with Crippen LogP contribution in [0, 0.1) is 0 Å². The van der Waals surface area contributed by atoms with E-state index in [1.54, 1.807) is 19.4 Å². The molecule has 0 aliphatic carbocycles. The van der Waals surface area contributed by atoms with Gasteiger partial charge in [0, 0.05) is 54.9 Å². The summed E-state index contributed by atoms with van der Waals surface area (Å²) < 4.78 is 7.44. The molecule has 3 aromatic heterocycles. The number of nitrogens with one attached hydrogen (secondary N) is 1. The first-order valence-electron chi connectivity index (χ1n) is 15.5. The van der Waals surface area contributed by atoms with Crippen LogP contribution >= 0.6 is 0 Å². The van der Waals surface area contributed by atoms with Crippen LogP contribution in [-0.2, 0) is 6.54 Å². The van der Waals surface area contributed by atoms with Crippen LogP contribution in [0.1, 0.15) is 28.8 Å². The van der Waals surface area contributed by atoms with Crippen LogP contribution in [0.5, 0.6) is 5.75 Å². The third-order valence-electron chi connectivity index (χ3n) is 8.57. The van der Waals surface area contributed by atoms with Gasteiger partial charge in [-0.2, -0.15) is 0 Å². The summed E-state index contributed by atoms with van der Waals surface area (Å²) in [4.78, 5) is 28.1. The van der Waals surface area contributed by atoms with Crippen LogP contribution in [0.4, 0.5) is 11.5 Å². The highest BCUT2D eigenvalue weighted by Crippen LogP contribution is 2.32. The van der Waals surface area contributed by atoms with Crippen molar-refractivity contribution in [3.05, 3.63) is 114 Å². The molecule has 0 radical (unpaired) electrons. The van der Waals surface area contributed by atoms with E-state index in [0.717, 1.165) is 78.1 Å². The van der Waals surface area contributed by atoms with Crippen molar-refractivity contribution < 1.29 is 9.53 Å². The summed E-state index contributed by atoms with van der Waals surface area (Å²) in [6, 6.07) is 32.6. The Labute approximate surface area is 267 Å². The molecule has 0 spiro atoms. The van der Waals surface area contributed by atoms with Gasteiger partial charge in [-0.05, 0) is 66.9 Å². The predicted molar refractivity (Wildman–Crippen MR) is 182 cm³/mol. The Bertz CT molecular complexity index is 1980. The minimum absolute atomic E-state index is 0.367. The van der Waals surface area contributed by atoms with E-state index < -0.39 is 0 Å². The second-order valence-electron chi connectivity index (χ2n) is 11.5. The molecule has 4 heterocycles. The van der Waals surface area contributed by atoms with Crippen molar-refractivity contribution in [2.45, 2.75) is 25.4 Å². The van der Waals surface area contributed by atoms with E-state index in [4.69, 9.17) is 20.4 Å². The molecule has 3 N–H and O–H groups in total. The number of rotatable bonds is 9. The van der Waals surface area contributed by atoms with Gasteiger partial charge in [0.1, 0.15) is 17.1 Å². The molecular formula is C37H35N7O2. The van der Waals surface area contributed by atoms with Gasteiger partial charge < -0.3 is 15.8 Å². The zero-order valence-corrected chi connectivity index (χ0v) is 25.6. The Morgan fingerprint density at radius 1 is 0.935 bits per heavy atom. The number of hydrogen-bond acceptors (Lipinski definition) is 8. The number of hydrogen-bond donors (Lipinski definition) is 2. The molecule has 1 fully saturated rings. The van der Waals surface area contributed by atoms with Crippen LogP contribution in [0.25, 0.3) is 39.5 Å². The Balaban J connectivity index is 1.10. The average Bonchev–Trinajstić information content (AvgIpc) is 3.48. The normalized spacial score (nSPS) is 13.9. The second kappa shape index (κ2) is 12.8. The van der Waals surface area contributed by atoms with E-state index in [9.17, 15) is 4.79 Å². The van der Waals surface area contributed by atoms with Crippen molar-refractivity contribution in [3.63, 3.8) is 0 Å². The summed E-state index contributed by atoms with van der Waals surface area (Å²) in [5, 5.41) is 3.62. The number of benzene rings is 3. The molecule has 3 aromatic carbocycles. The number of methoxy groups -OCH3 is 1. The van der Waals surface area contributed by atoms with Crippen molar-refractivity contribution in [1.82, 2.24) is 24.4 Å². The molecule has 7 rings (SSSR count). The first kappa shape index (κ1) is 29.2. The van der Waals surface area contributed by atoms with Gasteiger partial charge in [0.2, 0.25) is 0 Å². The number of pyridine rings is 2. The molecule has 1 saturated heterocycles. The number of piperidine rings is 1. The second-order valence-corrected chi connectivity index (χ2v) is 11.5. The molecule has 230 valence electrons. The number of imidazole rings is 1. The van der Waals surface area contributed by atoms with Gasteiger partial charge in [-0.3, -0.25) is 14.3 Å². The monoisotopic (exact) mass is 609 g/mol. The zero-order valence-electron chi connectivity index (χ0n) is 25.6. The predicted octanol–water partition coefficient (Wildman–Crippen LogP) is 6.63. The molecule has 9 heteroatoms. The first-order chi connectivity index (χ1) is 22.6. The van der Waals surface area contributed by atoms with Crippen molar-refractivity contribution in [2.75, 3.05) is 31.2 Å². The van der Waals surface area contributed by atoms with Gasteiger partial charge in [0.25, 0.3) is 0 Å². The molecule has 0 amide bonds. The van der Waals surface area contributed by atoms with Crippen molar-refractivity contribution >= 4 is 29.0 Å². The van der Waals surface area contributed by atoms with E-state index in [0.29, 0.717) is 29.0 Å². The number of nitrogens with zero attached hydrogens (tertiary/aromatic N) is 5. The van der Waals surface area contributed by atoms with Gasteiger partial charge in [0.15, 0.2) is 17.8 Å². The highest BCUT2D eigenvalue weighted by molar-refractivity contribution is 5.84. The molecule has 1 aliphatic heterocycles. The summed E-state index contributed by atoms with van der Waals surface area (Å²) in [5.74, 6) is 1.72. The lowest BCUT2D eigenvalue weighted by atomic mass is 10.0. The number of anilines is 2. The molecular weight excluding hydrogens is 574 g/mol. The van der Waals surface area contributed by atoms with Gasteiger partial charge >= 0.3 is 0 Å². The van der Waals surface area contributed by atoms with Crippen molar-refractivity contribution in [2.24, 2.45) is 0 Å². The van der Waals surface area contributed by atoms with Gasteiger partial charge in [-0.1, -0.05) is 42.5 Å². The highest BCUT2D eigenvalue weighted by Gasteiger charge is 2.21. The van der Waals surface area contributed by atoms with E-state index >= 15 is 0 Å². The maximum atomic E-state index is 11.2. The van der Waals surface area contributed by atoms with Crippen LogP contribution < -0.4 is 15.8 Å². The standard InChI is InChI=1S/C37H35N7O2/c1-46-34-22-29(12-11-27(34)24-45)40-28-17-20-43(21-18-28)23-25-9-13-30(14-10-25)44-36(31-8-5-19-39-35(31)38)42-33-16-15-32(41-37(33)44)26-6-3-2-4-7-26/h2-16,19,22,24,28,40H,17-18,20-21,23H2,1H3,(H2,38,39). The number of carbonyl (C=O) groups is 1. The molecule has 1 aliphatic rings. The van der Waals surface area contributed by atoms with Crippen molar-refractivity contribution in [1.29, 1.82) is 0 Å². The minimum Gasteiger partial charge on any atom is -0.496 e. The highest BCUT2D eigenvalue weighted by atomic mass is 16.5. The first-order valence-corrected chi connectivity index (χ1v) is 15.5. The van der Waals surface area contributed by atoms with E-state index in [1.165, 1.54) is 5.56 Å². The average molecular weight is 610 g/mol. The Hall–Kier alpha value is -5.54. The number of nitrogens with two attached hydrogens (primary N) is 1. The lowest BCUT2D eigenvalue weighted by molar-refractivity contribution is 0.112. The fraction of sp³-hybridized carbons (Fsp3) is 0.189. The number of ether oxygens (including phenoxy) is 1. The number of nitrogen functional groups attached to an aromatic ring is 1. The maximum absolute atomic E-state index is 11.2. The number of fused-ring (bicyclic) bond motifs is 1. The van der Waals surface area contributed by atoms with Crippen LogP contribution in [0.15, 0.2) is 103 Å². The molecule has 0 unspecified atom stereocenters. The maximum Gasteiger partial charge on any atom is 0.165 e. The van der Waals surface area contributed by atoms with Crippen LogP contribution in [-0.4, -0.2) is 56.9 Å². The molecule has 0 saturated carbocycles. The number of likely N-dealkylation sites (tertiary alicyclic amines) is 1. The smallest absolute Gasteiger partial charge is 0.165 e. The van der Waals surface area contributed by atoms with Gasteiger partial charge in [0.05, 0.1) is 23.9 Å². The van der Waals surface area contributed by atoms with E-state index in [-0.39, 0.29) is 0 Å². The summed E-state index contributed by atoms with van der Waals surface area (Å²) in [6.45, 7) is 2.86. The molecule has 6 aromatic rings. The minimum atomic E-state index is 0.367. The summed E-state index contributed by atoms with van der Waals surface area (Å²) >= 11 is 0. The molecule has 0 atom stereocenters. The summed E-state index contributed by atoms with van der Waals surface area (Å²) in [6.07, 6.45) is 4.57. The SMILES string of the molecule is COc1cc(NC2CCN(Cc3ccc(-n4c(-c5cccnc5N)nc5ccc(-c6ccccc6)nc54)cc3)CC2)ccc1C=O. The largest absolute Gasteiger partial charge is 0.496 e. The molecule has 9 nitrogen and oxygen atoms in total. The van der Waals surface area contributed by atoms with Crippen LogP contribution in [0.2, 0.25) is 0 Å². The lowest BCUT2D eigenvalue weighted by Crippen LogP contribution is -2.38. The molecule has 46 heavy (non-hydrogen) atoms. The number of aromatic nitrogens is 4. The quantitative estimate of drug-likeness (QED) is 0.176. The topological polar surface area (TPSA) is 111 Å². The third-order valence-corrected chi connectivity index (χ3v) is 8.57. The fourth-order valence-electron chi connectivity index (χ4n) is 6.14. The molecule has 0 bridgehead atoms. The number of aldehydes is 1. The Morgan fingerprint density at radius 3 is 2.48 bits per heavy atom. The summed E-state index contributed by atoms with van der Waals surface area (Å²) in [7, 11) is 1.59. The Morgan fingerprint density at radius 2 is 1.74 bits per heavy atom. The zero-order chi connectivity index (χ0) is 31.5. The van der Waals surface area contributed by atoms with Gasteiger partial charge in [-0.15, -0.1) is 0 Å². The van der Waals surface area contributed by atoms with Crippen LogP contribution in [0.3, 0.4) is 0 Å². The lowest BCUT2D eigenvalue weighted by Gasteiger charge is -2.33. The van der Waals surface area contributed by atoms with Crippen molar-refractivity contribution in [3.8, 4) is 34.1 Å². The number of carbonyl (C=O) groups excluding carboxylic acids is 1. The van der Waals surface area contributed by atoms with E-state index in [2.05, 4.69) is 56.2 Å². The Kier molecular flexibility index (Phi) is 8.14. The fourth-order valence-corrected chi connectivity index (χ4v) is 6.14. The third kappa shape index (κ3) is 5.92. The van der Waals surface area contributed by atoms with Gasteiger partial charge in [-0.25, -0.2) is 15.0 Å². The summed E-state index contributed by atoms with van der Waals surface area (Å²) in [5.41, 5.74) is 14.3. The van der Waals surface area contributed by atoms with E-state index in [1.807, 2.05) is 54.6 Å².